The summed E-state index contributed by atoms with van der Waals surface area (Å²) in [6.45, 7) is 0. The van der Waals surface area contributed by atoms with Crippen molar-refractivity contribution in [2.45, 2.75) is 0 Å². The Labute approximate surface area is 117 Å². The van der Waals surface area contributed by atoms with Crippen LogP contribution in [-0.4, -0.2) is 15.0 Å². The Hall–Kier alpha value is -2.33. The van der Waals surface area contributed by atoms with Crippen molar-refractivity contribution in [3.05, 3.63) is 60.8 Å². The minimum atomic E-state index is 0. The number of anilines is 1. The molecule has 0 amide bonds. The van der Waals surface area contributed by atoms with Gasteiger partial charge in [-0.25, -0.2) is 4.68 Å². The number of aromatic nitrogens is 3. The van der Waals surface area contributed by atoms with Gasteiger partial charge in [-0.3, -0.25) is 0 Å². The van der Waals surface area contributed by atoms with Crippen molar-refractivity contribution in [1.82, 2.24) is 15.0 Å². The van der Waals surface area contributed by atoms with Crippen molar-refractivity contribution < 1.29 is 0 Å². The summed E-state index contributed by atoms with van der Waals surface area (Å²) in [5.74, 6) is 0. The number of nitrogen functional groups attached to an aromatic ring is 1. The van der Waals surface area contributed by atoms with E-state index in [1.54, 1.807) is 10.9 Å². The van der Waals surface area contributed by atoms with Gasteiger partial charge >= 0.3 is 0 Å². The first-order chi connectivity index (χ1) is 8.84. The zero-order valence-electron chi connectivity index (χ0n) is 10.1. The number of hydrogen-bond donors (Lipinski definition) is 1. The fourth-order valence-corrected chi connectivity index (χ4v) is 1.85. The van der Waals surface area contributed by atoms with E-state index in [0.717, 1.165) is 22.6 Å². The maximum Gasteiger partial charge on any atom is 0.0944 e. The average Bonchev–Trinajstić information content (AvgIpc) is 2.90. The molecule has 3 rings (SSSR count). The fraction of sp³-hybridized carbons (Fsp3) is 0. The Kier molecular flexibility index (Phi) is 3.82. The Balaban J connectivity index is 0.00000133. The van der Waals surface area contributed by atoms with Crippen LogP contribution in [0.15, 0.2) is 60.8 Å². The lowest BCUT2D eigenvalue weighted by molar-refractivity contribution is 0.808. The van der Waals surface area contributed by atoms with Crippen molar-refractivity contribution in [2.75, 3.05) is 5.73 Å². The van der Waals surface area contributed by atoms with Crippen molar-refractivity contribution in [1.29, 1.82) is 0 Å². The van der Waals surface area contributed by atoms with Gasteiger partial charge in [-0.2, -0.15) is 0 Å². The van der Waals surface area contributed by atoms with E-state index in [2.05, 4.69) is 10.3 Å². The van der Waals surface area contributed by atoms with Crippen LogP contribution in [0.25, 0.3) is 16.9 Å². The molecule has 2 aromatic carbocycles. The van der Waals surface area contributed by atoms with Gasteiger partial charge in [0.1, 0.15) is 0 Å². The predicted octanol–water partition coefficient (Wildman–Crippen LogP) is 2.94. The minimum Gasteiger partial charge on any atom is -0.399 e. The molecule has 96 valence electrons. The Morgan fingerprint density at radius 1 is 0.895 bits per heavy atom. The maximum atomic E-state index is 5.68. The Bertz CT molecular complexity index is 647. The molecule has 0 spiro atoms. The Morgan fingerprint density at radius 3 is 2.26 bits per heavy atom. The van der Waals surface area contributed by atoms with Crippen molar-refractivity contribution >= 4 is 18.1 Å². The Morgan fingerprint density at radius 2 is 1.58 bits per heavy atom. The summed E-state index contributed by atoms with van der Waals surface area (Å²) in [6.07, 6.45) is 1.76. The van der Waals surface area contributed by atoms with Crippen LogP contribution in [0.3, 0.4) is 0 Å². The third kappa shape index (κ3) is 2.58. The molecule has 0 aliphatic heterocycles. The molecule has 0 aliphatic carbocycles. The molecule has 1 heterocycles. The average molecular weight is 273 g/mol. The van der Waals surface area contributed by atoms with Crippen LogP contribution in [0.2, 0.25) is 0 Å². The van der Waals surface area contributed by atoms with E-state index in [4.69, 9.17) is 5.73 Å². The number of rotatable bonds is 2. The van der Waals surface area contributed by atoms with Crippen molar-refractivity contribution in [2.24, 2.45) is 0 Å². The first-order valence-corrected chi connectivity index (χ1v) is 5.66. The second-order valence-corrected chi connectivity index (χ2v) is 3.99. The van der Waals surface area contributed by atoms with Gasteiger partial charge in [-0.05, 0) is 24.3 Å². The van der Waals surface area contributed by atoms with Crippen LogP contribution in [0.5, 0.6) is 0 Å². The van der Waals surface area contributed by atoms with E-state index in [1.165, 1.54) is 0 Å². The van der Waals surface area contributed by atoms with Gasteiger partial charge in [-0.1, -0.05) is 35.5 Å². The smallest absolute Gasteiger partial charge is 0.0944 e. The first kappa shape index (κ1) is 13.1. The van der Waals surface area contributed by atoms with Gasteiger partial charge in [0.05, 0.1) is 17.6 Å². The highest BCUT2D eigenvalue weighted by molar-refractivity contribution is 5.85. The third-order valence-corrected chi connectivity index (χ3v) is 2.76. The summed E-state index contributed by atoms with van der Waals surface area (Å²) in [7, 11) is 0. The van der Waals surface area contributed by atoms with Gasteiger partial charge in [-0.15, -0.1) is 17.5 Å². The van der Waals surface area contributed by atoms with Crippen LogP contribution < -0.4 is 5.73 Å². The zero-order valence-corrected chi connectivity index (χ0v) is 10.9. The molecule has 0 radical (unpaired) electrons. The number of hydrogen-bond acceptors (Lipinski definition) is 3. The molecule has 3 aromatic rings. The molecule has 0 fully saturated rings. The summed E-state index contributed by atoms with van der Waals surface area (Å²) in [6, 6.07) is 17.6. The monoisotopic (exact) mass is 272 g/mol. The highest BCUT2D eigenvalue weighted by Crippen LogP contribution is 2.21. The molecule has 0 saturated carbocycles. The van der Waals surface area contributed by atoms with Crippen LogP contribution in [-0.2, 0) is 0 Å². The van der Waals surface area contributed by atoms with E-state index >= 15 is 0 Å². The summed E-state index contributed by atoms with van der Waals surface area (Å²) in [4.78, 5) is 0. The molecule has 0 saturated heterocycles. The topological polar surface area (TPSA) is 56.7 Å². The third-order valence-electron chi connectivity index (χ3n) is 2.76. The minimum absolute atomic E-state index is 0. The first-order valence-electron chi connectivity index (χ1n) is 5.66. The number of nitrogens with two attached hydrogens (primary N) is 1. The highest BCUT2D eigenvalue weighted by atomic mass is 35.5. The molecule has 0 aliphatic rings. The molecule has 0 unspecified atom stereocenters. The summed E-state index contributed by atoms with van der Waals surface area (Å²) in [5.41, 5.74) is 9.41. The number of benzene rings is 2. The summed E-state index contributed by atoms with van der Waals surface area (Å²) >= 11 is 0. The van der Waals surface area contributed by atoms with Gasteiger partial charge in [0.2, 0.25) is 0 Å². The largest absolute Gasteiger partial charge is 0.399 e. The second kappa shape index (κ2) is 5.54. The molecule has 5 heteroatoms. The van der Waals surface area contributed by atoms with Gasteiger partial charge < -0.3 is 5.73 Å². The lowest BCUT2D eigenvalue weighted by atomic mass is 10.1. The van der Waals surface area contributed by atoms with Crippen LogP contribution >= 0.6 is 12.4 Å². The van der Waals surface area contributed by atoms with Gasteiger partial charge in [0.25, 0.3) is 0 Å². The molecule has 0 bridgehead atoms. The van der Waals surface area contributed by atoms with E-state index < -0.39 is 0 Å². The second-order valence-electron chi connectivity index (χ2n) is 3.99. The van der Waals surface area contributed by atoms with Gasteiger partial charge in [0, 0.05) is 11.3 Å². The maximum absolute atomic E-state index is 5.68. The number of halogens is 1. The van der Waals surface area contributed by atoms with E-state index in [-0.39, 0.29) is 12.4 Å². The molecular formula is C14H13ClN4. The highest BCUT2D eigenvalue weighted by Gasteiger charge is 2.07. The zero-order chi connectivity index (χ0) is 12.4. The quantitative estimate of drug-likeness (QED) is 0.730. The van der Waals surface area contributed by atoms with Crippen molar-refractivity contribution in [3.8, 4) is 16.9 Å². The predicted molar refractivity (Wildman–Crippen MR) is 78.5 cm³/mol. The molecule has 19 heavy (non-hydrogen) atoms. The van der Waals surface area contributed by atoms with Crippen LogP contribution in [0.1, 0.15) is 0 Å². The van der Waals surface area contributed by atoms with Crippen molar-refractivity contribution in [3.63, 3.8) is 0 Å². The van der Waals surface area contributed by atoms with E-state index in [9.17, 15) is 0 Å². The molecular weight excluding hydrogens is 260 g/mol. The van der Waals surface area contributed by atoms with Crippen LogP contribution in [0.4, 0.5) is 5.69 Å². The number of nitrogens with zero attached hydrogens (tertiary/aromatic N) is 3. The van der Waals surface area contributed by atoms with E-state index in [0.29, 0.717) is 0 Å². The van der Waals surface area contributed by atoms with Crippen LogP contribution in [0, 0.1) is 0 Å². The standard InChI is InChI=1S/C14H12N4.ClH/c15-12-6-8-13(9-7-12)18-14(10-16-17-18)11-4-2-1-3-5-11;/h1-10H,15H2;1H. The normalized spacial score (nSPS) is 9.89. The molecule has 1 aromatic heterocycles. The van der Waals surface area contributed by atoms with E-state index in [1.807, 2.05) is 54.6 Å². The fourth-order valence-electron chi connectivity index (χ4n) is 1.85. The van der Waals surface area contributed by atoms with Gasteiger partial charge in [0.15, 0.2) is 0 Å². The molecule has 4 nitrogen and oxygen atoms in total. The SMILES string of the molecule is Cl.Nc1ccc(-n2nncc2-c2ccccc2)cc1. The molecule has 2 N–H and O–H groups in total. The lowest BCUT2D eigenvalue weighted by Crippen LogP contribution is -1.99. The molecule has 0 atom stereocenters. The summed E-state index contributed by atoms with van der Waals surface area (Å²) in [5, 5.41) is 8.10. The lowest BCUT2D eigenvalue weighted by Gasteiger charge is -2.06. The summed E-state index contributed by atoms with van der Waals surface area (Å²) < 4.78 is 1.80.